The number of anilines is 1. The number of carbonyl (C=O) groups excluding carboxylic acids is 1. The third kappa shape index (κ3) is 7.60. The summed E-state index contributed by atoms with van der Waals surface area (Å²) in [5.74, 6) is 1.05. The number of piperazine rings is 1. The highest BCUT2D eigenvalue weighted by molar-refractivity contribution is 5.74. The number of rotatable bonds is 8. The normalized spacial score (nSPS) is 13.5. The van der Waals surface area contributed by atoms with Gasteiger partial charge in [0.05, 0.1) is 0 Å². The molecular formula is C35H39N3O4. The average molecular weight is 566 g/mol. The Kier molecular flexibility index (Phi) is 8.96. The molecule has 3 aromatic carbocycles. The van der Waals surface area contributed by atoms with Crippen LogP contribution < -0.4 is 14.4 Å². The highest BCUT2D eigenvalue weighted by Gasteiger charge is 2.26. The maximum Gasteiger partial charge on any atom is 0.410 e. The van der Waals surface area contributed by atoms with Gasteiger partial charge in [0, 0.05) is 43.5 Å². The predicted octanol–water partition coefficient (Wildman–Crippen LogP) is 7.27. The van der Waals surface area contributed by atoms with Crippen LogP contribution in [0.5, 0.6) is 11.8 Å². The molecule has 0 unspecified atom stereocenters. The van der Waals surface area contributed by atoms with E-state index in [1.165, 1.54) is 0 Å². The van der Waals surface area contributed by atoms with Crippen molar-refractivity contribution in [2.75, 3.05) is 31.1 Å². The standard InChI is InChI=1S/C35H39N3O4/c1-26-23-29(37-19-21-38(22-20-37)34(39)42-35(2,3)4)15-16-30(26)31-17-18-32(40-24-27-11-7-5-8-12-27)36-33(31)41-25-28-13-9-6-10-14-28/h5-18,23H,19-22,24-25H2,1-4H3. The van der Waals surface area contributed by atoms with Crippen LogP contribution in [0.4, 0.5) is 10.5 Å². The molecule has 0 aliphatic carbocycles. The molecule has 1 aromatic heterocycles. The molecule has 1 saturated heterocycles. The lowest BCUT2D eigenvalue weighted by molar-refractivity contribution is 0.0240. The van der Waals surface area contributed by atoms with Crippen LogP contribution >= 0.6 is 0 Å². The molecule has 2 heterocycles. The SMILES string of the molecule is Cc1cc(N2CCN(C(=O)OC(C)(C)C)CC2)ccc1-c1ccc(OCc2ccccc2)nc1OCc1ccccc1. The summed E-state index contributed by atoms with van der Waals surface area (Å²) in [6.07, 6.45) is -0.250. The van der Waals surface area contributed by atoms with E-state index < -0.39 is 5.60 Å². The van der Waals surface area contributed by atoms with Crippen LogP contribution in [0.15, 0.2) is 91.0 Å². The molecule has 1 amide bonds. The van der Waals surface area contributed by atoms with Crippen molar-refractivity contribution in [3.8, 4) is 22.9 Å². The second kappa shape index (κ2) is 13.0. The summed E-state index contributed by atoms with van der Waals surface area (Å²) in [5, 5.41) is 0. The van der Waals surface area contributed by atoms with Crippen molar-refractivity contribution in [1.82, 2.24) is 9.88 Å². The summed E-state index contributed by atoms with van der Waals surface area (Å²) in [4.78, 5) is 21.4. The number of pyridine rings is 1. The van der Waals surface area contributed by atoms with Gasteiger partial charge in [0.25, 0.3) is 0 Å². The first-order valence-corrected chi connectivity index (χ1v) is 14.4. The molecule has 218 valence electrons. The van der Waals surface area contributed by atoms with Crippen molar-refractivity contribution >= 4 is 11.8 Å². The maximum atomic E-state index is 12.5. The number of ether oxygens (including phenoxy) is 3. The first-order chi connectivity index (χ1) is 20.2. The summed E-state index contributed by atoms with van der Waals surface area (Å²) in [6.45, 7) is 11.4. The number of hydrogen-bond acceptors (Lipinski definition) is 6. The molecule has 42 heavy (non-hydrogen) atoms. The molecule has 0 bridgehead atoms. The molecule has 0 radical (unpaired) electrons. The molecule has 0 saturated carbocycles. The minimum Gasteiger partial charge on any atom is -0.473 e. The van der Waals surface area contributed by atoms with Crippen molar-refractivity contribution in [3.63, 3.8) is 0 Å². The second-order valence-electron chi connectivity index (χ2n) is 11.5. The third-order valence-electron chi connectivity index (χ3n) is 7.08. The molecular weight excluding hydrogens is 526 g/mol. The third-order valence-corrected chi connectivity index (χ3v) is 7.08. The zero-order chi connectivity index (χ0) is 29.5. The van der Waals surface area contributed by atoms with Crippen molar-refractivity contribution in [2.24, 2.45) is 0 Å². The van der Waals surface area contributed by atoms with Crippen LogP contribution in [0.25, 0.3) is 11.1 Å². The van der Waals surface area contributed by atoms with Gasteiger partial charge in [-0.25, -0.2) is 4.79 Å². The Labute approximate surface area is 248 Å². The number of aryl methyl sites for hydroxylation is 1. The Bertz CT molecular complexity index is 1480. The number of benzene rings is 3. The largest absolute Gasteiger partial charge is 0.473 e. The zero-order valence-corrected chi connectivity index (χ0v) is 24.9. The van der Waals surface area contributed by atoms with Gasteiger partial charge in [-0.2, -0.15) is 4.98 Å². The van der Waals surface area contributed by atoms with Crippen molar-refractivity contribution < 1.29 is 19.0 Å². The van der Waals surface area contributed by atoms with E-state index in [2.05, 4.69) is 30.0 Å². The zero-order valence-electron chi connectivity index (χ0n) is 24.9. The molecule has 4 aromatic rings. The fourth-order valence-corrected chi connectivity index (χ4v) is 4.90. The number of carbonyl (C=O) groups is 1. The molecule has 0 N–H and O–H groups in total. The molecule has 5 rings (SSSR count). The van der Waals surface area contributed by atoms with Crippen LogP contribution in [-0.4, -0.2) is 47.8 Å². The van der Waals surface area contributed by atoms with Gasteiger partial charge in [0.2, 0.25) is 11.8 Å². The highest BCUT2D eigenvalue weighted by atomic mass is 16.6. The van der Waals surface area contributed by atoms with Crippen LogP contribution in [0, 0.1) is 6.92 Å². The van der Waals surface area contributed by atoms with E-state index in [1.807, 2.05) is 93.6 Å². The van der Waals surface area contributed by atoms with Crippen LogP contribution in [-0.2, 0) is 18.0 Å². The van der Waals surface area contributed by atoms with Crippen LogP contribution in [0.3, 0.4) is 0 Å². The summed E-state index contributed by atoms with van der Waals surface area (Å²) < 4.78 is 17.9. The number of aromatic nitrogens is 1. The Balaban J connectivity index is 1.32. The van der Waals surface area contributed by atoms with Crippen molar-refractivity contribution in [1.29, 1.82) is 0 Å². The van der Waals surface area contributed by atoms with E-state index in [0.717, 1.165) is 46.6 Å². The summed E-state index contributed by atoms with van der Waals surface area (Å²) in [6, 6.07) is 30.5. The number of hydrogen-bond donors (Lipinski definition) is 0. The van der Waals surface area contributed by atoms with Gasteiger partial charge in [-0.15, -0.1) is 0 Å². The Morgan fingerprint density at radius 1 is 0.762 bits per heavy atom. The smallest absolute Gasteiger partial charge is 0.410 e. The number of nitrogens with zero attached hydrogens (tertiary/aromatic N) is 3. The molecule has 1 fully saturated rings. The lowest BCUT2D eigenvalue weighted by atomic mass is 10.0. The van der Waals surface area contributed by atoms with Crippen molar-refractivity contribution in [2.45, 2.75) is 46.5 Å². The summed E-state index contributed by atoms with van der Waals surface area (Å²) in [5.41, 5.74) is 5.86. The van der Waals surface area contributed by atoms with Gasteiger partial charge in [-0.3, -0.25) is 0 Å². The van der Waals surface area contributed by atoms with E-state index in [1.54, 1.807) is 4.90 Å². The molecule has 1 aliphatic heterocycles. The first-order valence-electron chi connectivity index (χ1n) is 14.4. The Morgan fingerprint density at radius 3 is 1.95 bits per heavy atom. The number of amides is 1. The monoisotopic (exact) mass is 565 g/mol. The van der Waals surface area contributed by atoms with E-state index in [4.69, 9.17) is 19.2 Å². The van der Waals surface area contributed by atoms with Gasteiger partial charge < -0.3 is 24.0 Å². The molecule has 0 spiro atoms. The van der Waals surface area contributed by atoms with Crippen molar-refractivity contribution in [3.05, 3.63) is 108 Å². The minimum atomic E-state index is -0.494. The van der Waals surface area contributed by atoms with Crippen LogP contribution in [0.2, 0.25) is 0 Å². The quantitative estimate of drug-likeness (QED) is 0.224. The van der Waals surface area contributed by atoms with Crippen LogP contribution in [0.1, 0.15) is 37.5 Å². The Hall–Kier alpha value is -4.52. The summed E-state index contributed by atoms with van der Waals surface area (Å²) in [7, 11) is 0. The maximum absolute atomic E-state index is 12.5. The van der Waals surface area contributed by atoms with E-state index in [-0.39, 0.29) is 6.09 Å². The second-order valence-corrected chi connectivity index (χ2v) is 11.5. The summed E-state index contributed by atoms with van der Waals surface area (Å²) >= 11 is 0. The van der Waals surface area contributed by atoms with E-state index >= 15 is 0 Å². The topological polar surface area (TPSA) is 64.1 Å². The lowest BCUT2D eigenvalue weighted by Gasteiger charge is -2.37. The minimum absolute atomic E-state index is 0.250. The predicted molar refractivity (Wildman–Crippen MR) is 166 cm³/mol. The van der Waals surface area contributed by atoms with E-state index in [9.17, 15) is 4.79 Å². The Morgan fingerprint density at radius 2 is 1.36 bits per heavy atom. The molecule has 1 aliphatic rings. The highest BCUT2D eigenvalue weighted by Crippen LogP contribution is 2.35. The van der Waals surface area contributed by atoms with Gasteiger partial charge in [-0.05, 0) is 68.1 Å². The average Bonchev–Trinajstić information content (AvgIpc) is 2.99. The van der Waals surface area contributed by atoms with Gasteiger partial charge >= 0.3 is 6.09 Å². The first kappa shape index (κ1) is 29.0. The fraction of sp³-hybridized carbons (Fsp3) is 0.314. The molecule has 7 nitrogen and oxygen atoms in total. The van der Waals surface area contributed by atoms with Gasteiger partial charge in [0.15, 0.2) is 0 Å². The van der Waals surface area contributed by atoms with E-state index in [0.29, 0.717) is 38.1 Å². The fourth-order valence-electron chi connectivity index (χ4n) is 4.90. The molecule has 0 atom stereocenters. The lowest BCUT2D eigenvalue weighted by Crippen LogP contribution is -2.50. The van der Waals surface area contributed by atoms with Gasteiger partial charge in [0.1, 0.15) is 18.8 Å². The van der Waals surface area contributed by atoms with Gasteiger partial charge in [-0.1, -0.05) is 66.7 Å². The molecule has 7 heteroatoms.